The first-order valence-corrected chi connectivity index (χ1v) is 6.93. The zero-order valence-electron chi connectivity index (χ0n) is 11.7. The van der Waals surface area contributed by atoms with Gasteiger partial charge in [-0.15, -0.1) is 0 Å². The lowest BCUT2D eigenvalue weighted by Crippen LogP contribution is -1.88. The van der Waals surface area contributed by atoms with Gasteiger partial charge >= 0.3 is 0 Å². The molecule has 101 valence electrons. The maximum absolute atomic E-state index is 5.45. The minimum absolute atomic E-state index is 0.767. The Kier molecular flexibility index (Phi) is 2.68. The van der Waals surface area contributed by atoms with E-state index in [2.05, 4.69) is 53.5 Å². The van der Waals surface area contributed by atoms with Crippen LogP contribution in [0.5, 0.6) is 5.75 Å². The van der Waals surface area contributed by atoms with Crippen molar-refractivity contribution in [3.05, 3.63) is 66.7 Å². The number of aromatic nitrogens is 1. The van der Waals surface area contributed by atoms with Gasteiger partial charge in [0.2, 0.25) is 0 Å². The van der Waals surface area contributed by atoms with Crippen molar-refractivity contribution in [2.24, 2.45) is 0 Å². The van der Waals surface area contributed by atoms with Crippen LogP contribution in [0.15, 0.2) is 60.7 Å². The van der Waals surface area contributed by atoms with Crippen LogP contribution in [0.4, 0.5) is 0 Å². The number of hydrogen-bond acceptors (Lipinski definition) is 1. The van der Waals surface area contributed by atoms with Crippen molar-refractivity contribution in [1.29, 1.82) is 0 Å². The number of aromatic amines is 1. The van der Waals surface area contributed by atoms with Crippen LogP contribution in [-0.2, 0) is 0 Å². The Morgan fingerprint density at radius 2 is 1.67 bits per heavy atom. The fourth-order valence-corrected chi connectivity index (χ4v) is 2.90. The van der Waals surface area contributed by atoms with Crippen molar-refractivity contribution in [2.75, 3.05) is 7.11 Å². The molecule has 0 saturated heterocycles. The third-order valence-electron chi connectivity index (χ3n) is 3.85. The van der Waals surface area contributed by atoms with Gasteiger partial charge in [-0.25, -0.2) is 0 Å². The molecule has 2 nitrogen and oxygen atoms in total. The number of fused-ring (bicyclic) bond motifs is 3. The molecule has 0 bridgehead atoms. The van der Waals surface area contributed by atoms with Gasteiger partial charge in [0, 0.05) is 33.5 Å². The van der Waals surface area contributed by atoms with Crippen LogP contribution in [0.25, 0.3) is 32.9 Å². The number of H-pyrrole nitrogens is 1. The normalized spacial score (nSPS) is 11.1. The first-order chi connectivity index (χ1) is 10.4. The van der Waals surface area contributed by atoms with Gasteiger partial charge in [0.25, 0.3) is 0 Å². The summed E-state index contributed by atoms with van der Waals surface area (Å²) in [5.41, 5.74) is 4.48. The highest BCUT2D eigenvalue weighted by molar-refractivity contribution is 6.12. The zero-order valence-corrected chi connectivity index (χ0v) is 11.7. The SMILES string of the molecule is COc1[c]cccc1-c1cccc2c1[nH]c1ccccc12. The van der Waals surface area contributed by atoms with Gasteiger partial charge in [-0.3, -0.25) is 0 Å². The van der Waals surface area contributed by atoms with Crippen molar-refractivity contribution >= 4 is 21.8 Å². The molecule has 0 aliphatic heterocycles. The summed E-state index contributed by atoms with van der Waals surface area (Å²) >= 11 is 0. The Bertz CT molecular complexity index is 937. The van der Waals surface area contributed by atoms with Gasteiger partial charge in [-0.1, -0.05) is 54.6 Å². The summed E-state index contributed by atoms with van der Waals surface area (Å²) in [5, 5.41) is 2.47. The van der Waals surface area contributed by atoms with E-state index in [4.69, 9.17) is 4.74 Å². The highest BCUT2D eigenvalue weighted by Gasteiger charge is 2.12. The predicted octanol–water partition coefficient (Wildman–Crippen LogP) is 4.80. The molecule has 0 unspecified atom stereocenters. The lowest BCUT2D eigenvalue weighted by Gasteiger charge is -2.08. The molecule has 0 spiro atoms. The summed E-state index contributed by atoms with van der Waals surface area (Å²) in [7, 11) is 1.68. The lowest BCUT2D eigenvalue weighted by molar-refractivity contribution is 0.415. The standard InChI is InChI=1S/C19H14NO/c1-21-18-12-5-3-8-14(18)16-10-6-9-15-13-7-2-4-11-17(13)20-19(15)16/h2-11,20H,1H3. The van der Waals surface area contributed by atoms with Crippen molar-refractivity contribution in [3.8, 4) is 16.9 Å². The molecule has 0 atom stereocenters. The second-order valence-corrected chi connectivity index (χ2v) is 5.02. The van der Waals surface area contributed by atoms with Gasteiger partial charge in [0.1, 0.15) is 5.75 Å². The molecule has 0 aliphatic carbocycles. The molecule has 4 aromatic rings. The second kappa shape index (κ2) is 4.67. The van der Waals surface area contributed by atoms with Crippen LogP contribution in [0.3, 0.4) is 0 Å². The molecule has 0 fully saturated rings. The third-order valence-corrected chi connectivity index (χ3v) is 3.85. The first-order valence-electron chi connectivity index (χ1n) is 6.93. The van der Waals surface area contributed by atoms with E-state index in [0.29, 0.717) is 0 Å². The Balaban J connectivity index is 2.10. The molecule has 1 aromatic heterocycles. The summed E-state index contributed by atoms with van der Waals surface area (Å²) in [6.07, 6.45) is 0. The number of rotatable bonds is 2. The van der Waals surface area contributed by atoms with Crippen LogP contribution in [0.1, 0.15) is 0 Å². The summed E-state index contributed by atoms with van der Waals surface area (Å²) < 4.78 is 5.45. The maximum atomic E-state index is 5.45. The predicted molar refractivity (Wildman–Crippen MR) is 86.6 cm³/mol. The second-order valence-electron chi connectivity index (χ2n) is 5.02. The van der Waals surface area contributed by atoms with Crippen molar-refractivity contribution in [2.45, 2.75) is 0 Å². The number of benzene rings is 3. The molecule has 3 aromatic carbocycles. The van der Waals surface area contributed by atoms with E-state index in [1.54, 1.807) is 7.11 Å². The molecule has 4 rings (SSSR count). The van der Waals surface area contributed by atoms with Crippen molar-refractivity contribution in [1.82, 2.24) is 4.98 Å². The van der Waals surface area contributed by atoms with E-state index >= 15 is 0 Å². The highest BCUT2D eigenvalue weighted by atomic mass is 16.5. The monoisotopic (exact) mass is 272 g/mol. The number of nitrogens with one attached hydrogen (secondary N) is 1. The average Bonchev–Trinajstić information content (AvgIpc) is 2.93. The maximum Gasteiger partial charge on any atom is 0.134 e. The smallest absolute Gasteiger partial charge is 0.134 e. The minimum atomic E-state index is 0.767. The van der Waals surface area contributed by atoms with Gasteiger partial charge in [-0.05, 0) is 6.07 Å². The number of methoxy groups -OCH3 is 1. The van der Waals surface area contributed by atoms with E-state index in [9.17, 15) is 0 Å². The van der Waals surface area contributed by atoms with Gasteiger partial charge in [0.15, 0.2) is 0 Å². The van der Waals surface area contributed by atoms with Crippen LogP contribution >= 0.6 is 0 Å². The Labute approximate surface area is 123 Å². The summed E-state index contributed by atoms with van der Waals surface area (Å²) in [6.45, 7) is 0. The van der Waals surface area contributed by atoms with Gasteiger partial charge in [-0.2, -0.15) is 0 Å². The molecule has 0 aliphatic rings. The molecule has 2 heteroatoms. The van der Waals surface area contributed by atoms with Crippen molar-refractivity contribution < 1.29 is 4.74 Å². The van der Waals surface area contributed by atoms with E-state index in [1.807, 2.05) is 18.2 Å². The fourth-order valence-electron chi connectivity index (χ4n) is 2.90. The largest absolute Gasteiger partial charge is 0.495 e. The van der Waals surface area contributed by atoms with Crippen LogP contribution in [-0.4, -0.2) is 12.1 Å². The molecule has 21 heavy (non-hydrogen) atoms. The minimum Gasteiger partial charge on any atom is -0.495 e. The topological polar surface area (TPSA) is 25.0 Å². The first kappa shape index (κ1) is 12.0. The lowest BCUT2D eigenvalue weighted by atomic mass is 10.0. The summed E-state index contributed by atoms with van der Waals surface area (Å²) in [4.78, 5) is 3.53. The Hall–Kier alpha value is -2.74. The molecular weight excluding hydrogens is 258 g/mol. The van der Waals surface area contributed by atoms with E-state index < -0.39 is 0 Å². The quantitative estimate of drug-likeness (QED) is 0.557. The molecule has 0 amide bonds. The summed E-state index contributed by atoms with van der Waals surface area (Å²) in [5.74, 6) is 0.767. The summed E-state index contributed by atoms with van der Waals surface area (Å²) in [6, 6.07) is 23.8. The number of ether oxygens (including phenoxy) is 1. The van der Waals surface area contributed by atoms with Crippen LogP contribution in [0.2, 0.25) is 0 Å². The van der Waals surface area contributed by atoms with E-state index in [1.165, 1.54) is 10.8 Å². The fraction of sp³-hybridized carbons (Fsp3) is 0.0526. The molecular formula is C19H14NO. The Morgan fingerprint density at radius 3 is 2.57 bits per heavy atom. The Morgan fingerprint density at radius 1 is 0.857 bits per heavy atom. The molecule has 0 saturated carbocycles. The van der Waals surface area contributed by atoms with Crippen molar-refractivity contribution in [3.63, 3.8) is 0 Å². The van der Waals surface area contributed by atoms with E-state index in [-0.39, 0.29) is 0 Å². The van der Waals surface area contributed by atoms with Gasteiger partial charge in [0.05, 0.1) is 12.6 Å². The molecule has 1 heterocycles. The molecule has 1 radical (unpaired) electrons. The number of para-hydroxylation sites is 3. The van der Waals surface area contributed by atoms with E-state index in [0.717, 1.165) is 27.9 Å². The van der Waals surface area contributed by atoms with Crippen LogP contribution < -0.4 is 4.74 Å². The zero-order chi connectivity index (χ0) is 14.2. The highest BCUT2D eigenvalue weighted by Crippen LogP contribution is 2.36. The third kappa shape index (κ3) is 1.80. The van der Waals surface area contributed by atoms with Gasteiger partial charge < -0.3 is 9.72 Å². The molecule has 1 N–H and O–H groups in total. The number of hydrogen-bond donors (Lipinski definition) is 1. The average molecular weight is 272 g/mol. The van der Waals surface area contributed by atoms with Crippen LogP contribution in [0, 0.1) is 6.07 Å².